The van der Waals surface area contributed by atoms with Gasteiger partial charge in [0.25, 0.3) is 0 Å². The van der Waals surface area contributed by atoms with Crippen LogP contribution in [0.4, 0.5) is 29.0 Å². The molecule has 0 radical (unpaired) electrons. The smallest absolute Gasteiger partial charge is 0.232 e. The van der Waals surface area contributed by atoms with Crippen molar-refractivity contribution in [3.63, 3.8) is 0 Å². The van der Waals surface area contributed by atoms with Gasteiger partial charge < -0.3 is 31.3 Å². The maximum atomic E-state index is 13.0. The highest BCUT2D eigenvalue weighted by atomic mass is 16.5. The Bertz CT molecular complexity index is 1020. The van der Waals surface area contributed by atoms with E-state index in [1.165, 1.54) is 6.92 Å². The maximum absolute atomic E-state index is 13.0. The van der Waals surface area contributed by atoms with Gasteiger partial charge in [0.15, 0.2) is 0 Å². The van der Waals surface area contributed by atoms with E-state index in [4.69, 9.17) is 10.5 Å². The number of morpholine rings is 1. The molecule has 162 valence electrons. The van der Waals surface area contributed by atoms with Crippen LogP contribution in [-0.2, 0) is 19.1 Å². The van der Waals surface area contributed by atoms with Gasteiger partial charge in [-0.15, -0.1) is 0 Å². The first kappa shape index (κ1) is 20.5. The molecule has 1 aromatic heterocycles. The predicted octanol–water partition coefficient (Wildman–Crippen LogP) is 0.918. The Morgan fingerprint density at radius 2 is 1.77 bits per heavy atom. The van der Waals surface area contributed by atoms with Crippen molar-refractivity contribution in [2.24, 2.45) is 0 Å². The Hall–Kier alpha value is -3.73. The molecule has 1 aromatic carbocycles. The highest BCUT2D eigenvalue weighted by molar-refractivity contribution is 6.05. The second-order valence-corrected chi connectivity index (χ2v) is 7.32. The summed E-state index contributed by atoms with van der Waals surface area (Å²) in [6.45, 7) is 3.75. The monoisotopic (exact) mass is 425 g/mol. The minimum atomic E-state index is -0.822. The first-order valence-electron chi connectivity index (χ1n) is 9.89. The number of rotatable bonds is 4. The van der Waals surface area contributed by atoms with Crippen molar-refractivity contribution in [2.75, 3.05) is 52.9 Å². The third-order valence-corrected chi connectivity index (χ3v) is 5.04. The van der Waals surface area contributed by atoms with E-state index in [0.717, 1.165) is 0 Å². The lowest BCUT2D eigenvalue weighted by molar-refractivity contribution is -0.123. The van der Waals surface area contributed by atoms with E-state index in [9.17, 15) is 14.4 Å². The summed E-state index contributed by atoms with van der Waals surface area (Å²) < 4.78 is 5.34. The first-order valence-corrected chi connectivity index (χ1v) is 9.89. The topological polar surface area (TPSA) is 152 Å². The molecule has 0 bridgehead atoms. The molecule has 0 saturated carbocycles. The SMILES string of the molecule is CC(=O)Nc1ccc(NC(=O)[C@@H]2CC(=O)Nc3nc(N4CCOCC4)nc(N)c32)cc1. The molecule has 11 nitrogen and oxygen atoms in total. The minimum Gasteiger partial charge on any atom is -0.383 e. The average Bonchev–Trinajstić information content (AvgIpc) is 2.74. The number of amides is 3. The molecule has 1 fully saturated rings. The van der Waals surface area contributed by atoms with Gasteiger partial charge in [-0.1, -0.05) is 0 Å². The number of carbonyl (C=O) groups excluding carboxylic acids is 3. The second-order valence-electron chi connectivity index (χ2n) is 7.32. The summed E-state index contributed by atoms with van der Waals surface area (Å²) in [6, 6.07) is 6.66. The number of anilines is 5. The lowest BCUT2D eigenvalue weighted by Gasteiger charge is -2.30. The summed E-state index contributed by atoms with van der Waals surface area (Å²) >= 11 is 0. The molecular formula is C20H23N7O4. The number of nitrogens with zero attached hydrogens (tertiary/aromatic N) is 3. The van der Waals surface area contributed by atoms with Gasteiger partial charge in [-0.05, 0) is 24.3 Å². The van der Waals surface area contributed by atoms with Crippen LogP contribution in [0.3, 0.4) is 0 Å². The Kier molecular flexibility index (Phi) is 5.67. The molecule has 1 atom stereocenters. The van der Waals surface area contributed by atoms with Crippen molar-refractivity contribution < 1.29 is 19.1 Å². The average molecular weight is 425 g/mol. The fourth-order valence-electron chi connectivity index (χ4n) is 3.58. The number of nitrogen functional groups attached to an aromatic ring is 1. The van der Waals surface area contributed by atoms with Gasteiger partial charge in [0.2, 0.25) is 23.7 Å². The molecule has 2 aliphatic rings. The zero-order valence-corrected chi connectivity index (χ0v) is 17.0. The lowest BCUT2D eigenvalue weighted by Crippen LogP contribution is -2.38. The van der Waals surface area contributed by atoms with Gasteiger partial charge >= 0.3 is 0 Å². The summed E-state index contributed by atoms with van der Waals surface area (Å²) in [6.07, 6.45) is -0.0622. The van der Waals surface area contributed by atoms with Crippen molar-refractivity contribution in [3.05, 3.63) is 29.8 Å². The zero-order valence-electron chi connectivity index (χ0n) is 17.0. The summed E-state index contributed by atoms with van der Waals surface area (Å²) in [5.74, 6) is -0.906. The number of fused-ring (bicyclic) bond motifs is 1. The maximum Gasteiger partial charge on any atom is 0.232 e. The molecule has 5 N–H and O–H groups in total. The highest BCUT2D eigenvalue weighted by Gasteiger charge is 2.35. The van der Waals surface area contributed by atoms with E-state index in [2.05, 4.69) is 25.9 Å². The van der Waals surface area contributed by atoms with Crippen LogP contribution in [-0.4, -0.2) is 54.0 Å². The summed E-state index contributed by atoms with van der Waals surface area (Å²) in [4.78, 5) is 47.1. The van der Waals surface area contributed by atoms with Crippen molar-refractivity contribution in [2.45, 2.75) is 19.3 Å². The van der Waals surface area contributed by atoms with E-state index < -0.39 is 11.8 Å². The molecule has 31 heavy (non-hydrogen) atoms. The molecule has 0 spiro atoms. The molecule has 0 unspecified atom stereocenters. The standard InChI is InChI=1S/C20H23N7O4/c1-11(28)22-12-2-4-13(5-3-12)23-19(30)14-10-15(29)24-18-16(14)17(21)25-20(26-18)27-6-8-31-9-7-27/h2-5,14H,6-10H2,1H3,(H,22,28)(H,23,30)(H3,21,24,25,26,29)/t14-/m1/s1. The fraction of sp³-hybridized carbons (Fsp3) is 0.350. The van der Waals surface area contributed by atoms with Gasteiger partial charge in [0.05, 0.1) is 24.7 Å². The Balaban J connectivity index is 1.56. The normalized spacial score (nSPS) is 18.0. The molecule has 0 aliphatic carbocycles. The van der Waals surface area contributed by atoms with Crippen LogP contribution >= 0.6 is 0 Å². The third-order valence-electron chi connectivity index (χ3n) is 5.04. The fourth-order valence-corrected chi connectivity index (χ4v) is 3.58. The summed E-state index contributed by atoms with van der Waals surface area (Å²) in [5, 5.41) is 8.15. The van der Waals surface area contributed by atoms with Gasteiger partial charge in [-0.25, -0.2) is 0 Å². The van der Waals surface area contributed by atoms with E-state index >= 15 is 0 Å². The van der Waals surface area contributed by atoms with Crippen LogP contribution in [0.5, 0.6) is 0 Å². The number of hydrogen-bond donors (Lipinski definition) is 4. The van der Waals surface area contributed by atoms with Gasteiger partial charge in [0.1, 0.15) is 11.6 Å². The van der Waals surface area contributed by atoms with Crippen LogP contribution in [0, 0.1) is 0 Å². The van der Waals surface area contributed by atoms with Crippen LogP contribution in [0.15, 0.2) is 24.3 Å². The number of carbonyl (C=O) groups is 3. The van der Waals surface area contributed by atoms with Crippen molar-refractivity contribution >= 4 is 46.7 Å². The van der Waals surface area contributed by atoms with E-state index in [0.29, 0.717) is 49.2 Å². The first-order chi connectivity index (χ1) is 14.9. The number of benzene rings is 1. The van der Waals surface area contributed by atoms with E-state index in [-0.39, 0.29) is 29.9 Å². The van der Waals surface area contributed by atoms with Crippen LogP contribution in [0.2, 0.25) is 0 Å². The predicted molar refractivity (Wildman–Crippen MR) is 115 cm³/mol. The Morgan fingerprint density at radius 3 is 2.42 bits per heavy atom. The number of nitrogens with two attached hydrogens (primary N) is 1. The van der Waals surface area contributed by atoms with Crippen molar-refractivity contribution in [1.82, 2.24) is 9.97 Å². The summed E-state index contributed by atoms with van der Waals surface area (Å²) in [7, 11) is 0. The van der Waals surface area contributed by atoms with Gasteiger partial charge in [0, 0.05) is 37.8 Å². The molecule has 1 saturated heterocycles. The van der Waals surface area contributed by atoms with Crippen molar-refractivity contribution in [1.29, 1.82) is 0 Å². The molecule has 3 heterocycles. The van der Waals surface area contributed by atoms with Gasteiger partial charge in [-0.2, -0.15) is 9.97 Å². The number of ether oxygens (including phenoxy) is 1. The number of hydrogen-bond acceptors (Lipinski definition) is 8. The molecule has 4 rings (SSSR count). The molecule has 3 amide bonds. The second kappa shape index (κ2) is 8.56. The van der Waals surface area contributed by atoms with Crippen LogP contribution in [0.25, 0.3) is 0 Å². The highest BCUT2D eigenvalue weighted by Crippen LogP contribution is 2.36. The minimum absolute atomic E-state index is 0.0622. The van der Waals surface area contributed by atoms with Crippen molar-refractivity contribution in [3.8, 4) is 0 Å². The van der Waals surface area contributed by atoms with Crippen LogP contribution < -0.4 is 26.6 Å². The Labute approximate surface area is 178 Å². The quantitative estimate of drug-likeness (QED) is 0.564. The van der Waals surface area contributed by atoms with E-state index in [1.54, 1.807) is 24.3 Å². The van der Waals surface area contributed by atoms with E-state index in [1.807, 2.05) is 4.90 Å². The Morgan fingerprint density at radius 1 is 1.13 bits per heavy atom. The largest absolute Gasteiger partial charge is 0.383 e. The number of aromatic nitrogens is 2. The molecule has 2 aliphatic heterocycles. The molecule has 2 aromatic rings. The molecule has 11 heteroatoms. The zero-order chi connectivity index (χ0) is 22.0. The van der Waals surface area contributed by atoms with Crippen LogP contribution in [0.1, 0.15) is 24.8 Å². The van der Waals surface area contributed by atoms with Gasteiger partial charge in [-0.3, -0.25) is 14.4 Å². The third kappa shape index (κ3) is 4.56. The molecular weight excluding hydrogens is 402 g/mol. The number of nitrogens with one attached hydrogen (secondary N) is 3. The lowest BCUT2D eigenvalue weighted by atomic mass is 9.92. The summed E-state index contributed by atoms with van der Waals surface area (Å²) in [5.41, 5.74) is 7.74.